The van der Waals surface area contributed by atoms with Crippen LogP contribution in [-0.4, -0.2) is 24.3 Å². The second-order valence-electron chi connectivity index (χ2n) is 6.87. The Morgan fingerprint density at radius 1 is 1.07 bits per heavy atom. The van der Waals surface area contributed by atoms with Gasteiger partial charge in [-0.05, 0) is 38.0 Å². The van der Waals surface area contributed by atoms with Crippen LogP contribution >= 0.6 is 11.6 Å². The van der Waals surface area contributed by atoms with Crippen LogP contribution in [0.5, 0.6) is 0 Å². The van der Waals surface area contributed by atoms with Crippen molar-refractivity contribution in [3.05, 3.63) is 81.6 Å². The Morgan fingerprint density at radius 2 is 1.79 bits per heavy atom. The summed E-state index contributed by atoms with van der Waals surface area (Å²) in [7, 11) is -3.85. The van der Waals surface area contributed by atoms with E-state index >= 15 is 0 Å². The van der Waals surface area contributed by atoms with Gasteiger partial charge in [-0.3, -0.25) is 4.79 Å². The normalized spacial score (nSPS) is 11.3. The summed E-state index contributed by atoms with van der Waals surface area (Å²) < 4.78 is 25.5. The number of aromatic nitrogens is 2. The fourth-order valence-corrected chi connectivity index (χ4v) is 4.25. The summed E-state index contributed by atoms with van der Waals surface area (Å²) >= 11 is 6.07. The molecule has 1 amide bonds. The standard InChI is InChI=1S/C21H20ClN3O3S/c1-13-5-4-6-16(10-13)12-29(27,28)21-23-11-17(22)19(25-21)20(26)24-18-8-7-14(2)9-15(18)3/h4-11H,12H2,1-3H3,(H,24,26). The van der Waals surface area contributed by atoms with Gasteiger partial charge in [-0.2, -0.15) is 0 Å². The quantitative estimate of drug-likeness (QED) is 0.611. The van der Waals surface area contributed by atoms with Gasteiger partial charge in [0.2, 0.25) is 15.0 Å². The fraction of sp³-hybridized carbons (Fsp3) is 0.190. The van der Waals surface area contributed by atoms with Crippen molar-refractivity contribution in [1.29, 1.82) is 0 Å². The molecule has 6 nitrogen and oxygen atoms in total. The highest BCUT2D eigenvalue weighted by molar-refractivity contribution is 7.90. The van der Waals surface area contributed by atoms with E-state index in [0.717, 1.165) is 22.9 Å². The number of carbonyl (C=O) groups is 1. The lowest BCUT2D eigenvalue weighted by Gasteiger charge is -2.10. The number of amides is 1. The molecule has 0 saturated carbocycles. The maximum Gasteiger partial charge on any atom is 0.275 e. The molecule has 0 saturated heterocycles. The molecule has 3 aromatic rings. The van der Waals surface area contributed by atoms with Crippen LogP contribution in [0.25, 0.3) is 0 Å². The summed E-state index contributed by atoms with van der Waals surface area (Å²) in [6.45, 7) is 5.69. The zero-order valence-corrected chi connectivity index (χ0v) is 17.8. The van der Waals surface area contributed by atoms with Crippen LogP contribution in [0.1, 0.15) is 32.7 Å². The highest BCUT2D eigenvalue weighted by atomic mass is 35.5. The number of carbonyl (C=O) groups excluding carboxylic acids is 1. The molecule has 0 atom stereocenters. The van der Waals surface area contributed by atoms with Crippen LogP contribution in [0, 0.1) is 20.8 Å². The van der Waals surface area contributed by atoms with Crippen molar-refractivity contribution in [2.75, 3.05) is 5.32 Å². The molecule has 29 heavy (non-hydrogen) atoms. The smallest absolute Gasteiger partial charge is 0.275 e. The Morgan fingerprint density at radius 3 is 2.48 bits per heavy atom. The summed E-state index contributed by atoms with van der Waals surface area (Å²) in [5.74, 6) is -0.870. The van der Waals surface area contributed by atoms with Gasteiger partial charge in [0.15, 0.2) is 5.69 Å². The Labute approximate surface area is 174 Å². The largest absolute Gasteiger partial charge is 0.320 e. The van der Waals surface area contributed by atoms with E-state index in [1.807, 2.05) is 39.0 Å². The molecule has 1 heterocycles. The first kappa shape index (κ1) is 21.0. The first-order valence-corrected chi connectivity index (χ1v) is 10.9. The fourth-order valence-electron chi connectivity index (χ4n) is 2.88. The van der Waals surface area contributed by atoms with Crippen LogP contribution in [-0.2, 0) is 15.6 Å². The lowest BCUT2D eigenvalue weighted by molar-refractivity contribution is 0.102. The number of halogens is 1. The number of aryl methyl sites for hydroxylation is 3. The second-order valence-corrected chi connectivity index (χ2v) is 9.16. The van der Waals surface area contributed by atoms with Crippen molar-refractivity contribution in [2.24, 2.45) is 0 Å². The van der Waals surface area contributed by atoms with Gasteiger partial charge in [0.1, 0.15) is 0 Å². The van der Waals surface area contributed by atoms with Gasteiger partial charge in [0.25, 0.3) is 5.91 Å². The minimum absolute atomic E-state index is 0.0261. The summed E-state index contributed by atoms with van der Waals surface area (Å²) in [5.41, 5.74) is 3.90. The van der Waals surface area contributed by atoms with Crippen molar-refractivity contribution < 1.29 is 13.2 Å². The molecule has 0 bridgehead atoms. The molecule has 1 aromatic heterocycles. The Kier molecular flexibility index (Phi) is 6.00. The van der Waals surface area contributed by atoms with Crippen LogP contribution in [0.4, 0.5) is 5.69 Å². The molecule has 0 fully saturated rings. The van der Waals surface area contributed by atoms with Crippen LogP contribution in [0.15, 0.2) is 53.8 Å². The van der Waals surface area contributed by atoms with Crippen LogP contribution < -0.4 is 5.32 Å². The number of nitrogens with zero attached hydrogens (tertiary/aromatic N) is 2. The molecule has 0 aliphatic heterocycles. The third kappa shape index (κ3) is 4.99. The van der Waals surface area contributed by atoms with E-state index < -0.39 is 20.9 Å². The van der Waals surface area contributed by atoms with Gasteiger partial charge < -0.3 is 5.32 Å². The Hall–Kier alpha value is -2.77. The van der Waals surface area contributed by atoms with Crippen LogP contribution in [0.3, 0.4) is 0 Å². The molecule has 1 N–H and O–H groups in total. The lowest BCUT2D eigenvalue weighted by Crippen LogP contribution is -2.18. The predicted octanol–water partition coefficient (Wildman–Crippen LogP) is 4.28. The predicted molar refractivity (Wildman–Crippen MR) is 113 cm³/mol. The summed E-state index contributed by atoms with van der Waals surface area (Å²) in [6, 6.07) is 12.7. The molecule has 2 aromatic carbocycles. The first-order valence-electron chi connectivity index (χ1n) is 8.85. The van der Waals surface area contributed by atoms with E-state index in [0.29, 0.717) is 11.3 Å². The molecule has 0 aliphatic carbocycles. The Bertz CT molecular complexity index is 1190. The van der Waals surface area contributed by atoms with Crippen LogP contribution in [0.2, 0.25) is 5.02 Å². The van der Waals surface area contributed by atoms with Crippen molar-refractivity contribution in [1.82, 2.24) is 9.97 Å². The highest BCUT2D eigenvalue weighted by Crippen LogP contribution is 2.21. The van der Waals surface area contributed by atoms with Crippen molar-refractivity contribution in [3.63, 3.8) is 0 Å². The Balaban J connectivity index is 1.89. The zero-order chi connectivity index (χ0) is 21.2. The van der Waals surface area contributed by atoms with Gasteiger partial charge in [-0.25, -0.2) is 18.4 Å². The van der Waals surface area contributed by atoms with Gasteiger partial charge in [0, 0.05) is 5.69 Å². The van der Waals surface area contributed by atoms with E-state index in [1.165, 1.54) is 0 Å². The maximum absolute atomic E-state index is 12.7. The van der Waals surface area contributed by atoms with E-state index in [1.54, 1.807) is 24.3 Å². The molecular weight excluding hydrogens is 410 g/mol. The molecule has 0 radical (unpaired) electrons. The summed E-state index contributed by atoms with van der Waals surface area (Å²) in [5, 5.41) is 2.26. The molecule has 0 unspecified atom stereocenters. The minimum atomic E-state index is -3.85. The minimum Gasteiger partial charge on any atom is -0.320 e. The number of rotatable bonds is 5. The van der Waals surface area contributed by atoms with Crippen molar-refractivity contribution in [3.8, 4) is 0 Å². The highest BCUT2D eigenvalue weighted by Gasteiger charge is 2.23. The van der Waals surface area contributed by atoms with E-state index in [4.69, 9.17) is 11.6 Å². The van der Waals surface area contributed by atoms with E-state index in [9.17, 15) is 13.2 Å². The van der Waals surface area contributed by atoms with Gasteiger partial charge in [-0.1, -0.05) is 59.1 Å². The monoisotopic (exact) mass is 429 g/mol. The summed E-state index contributed by atoms with van der Waals surface area (Å²) in [6.07, 6.45) is 1.13. The molecule has 3 rings (SSSR count). The van der Waals surface area contributed by atoms with Crippen molar-refractivity contribution >= 4 is 33.0 Å². The molecule has 0 aliphatic rings. The second kappa shape index (κ2) is 8.31. The van der Waals surface area contributed by atoms with Crippen molar-refractivity contribution in [2.45, 2.75) is 31.7 Å². The lowest BCUT2D eigenvalue weighted by atomic mass is 10.1. The number of nitrogens with one attached hydrogen (secondary N) is 1. The third-order valence-corrected chi connectivity index (χ3v) is 6.03. The SMILES string of the molecule is Cc1cccc(CS(=O)(=O)c2ncc(Cl)c(C(=O)Nc3ccc(C)cc3C)n2)c1. The molecule has 150 valence electrons. The average molecular weight is 430 g/mol. The number of sulfone groups is 1. The molecular formula is C21H20ClN3O3S. The summed E-state index contributed by atoms with van der Waals surface area (Å²) in [4.78, 5) is 20.5. The number of hydrogen-bond donors (Lipinski definition) is 1. The molecule has 0 spiro atoms. The topological polar surface area (TPSA) is 89.0 Å². The first-order chi connectivity index (χ1) is 13.7. The van der Waals surface area contributed by atoms with Gasteiger partial charge in [0.05, 0.1) is 17.0 Å². The van der Waals surface area contributed by atoms with E-state index in [-0.39, 0.29) is 16.5 Å². The van der Waals surface area contributed by atoms with E-state index in [2.05, 4.69) is 15.3 Å². The number of anilines is 1. The maximum atomic E-state index is 12.7. The average Bonchev–Trinajstić information content (AvgIpc) is 2.63. The van der Waals surface area contributed by atoms with Gasteiger partial charge in [-0.15, -0.1) is 0 Å². The zero-order valence-electron chi connectivity index (χ0n) is 16.2. The third-order valence-electron chi connectivity index (χ3n) is 4.28. The number of hydrogen-bond acceptors (Lipinski definition) is 5. The number of benzene rings is 2. The molecule has 8 heteroatoms. The van der Waals surface area contributed by atoms with Gasteiger partial charge >= 0.3 is 0 Å².